The summed E-state index contributed by atoms with van der Waals surface area (Å²) < 4.78 is 0. The van der Waals surface area contributed by atoms with Gasteiger partial charge in [-0.25, -0.2) is 4.98 Å². The summed E-state index contributed by atoms with van der Waals surface area (Å²) in [4.78, 5) is 6.67. The maximum Gasteiger partial charge on any atom is 0.107 e. The summed E-state index contributed by atoms with van der Waals surface area (Å²) in [6.07, 6.45) is 4.21. The first-order valence-corrected chi connectivity index (χ1v) is 7.49. The van der Waals surface area contributed by atoms with Crippen LogP contribution in [0.25, 0.3) is 0 Å². The second kappa shape index (κ2) is 6.14. The molecule has 96 valence electrons. The number of aliphatic hydroxyl groups excluding tert-OH is 1. The van der Waals surface area contributed by atoms with E-state index in [1.807, 2.05) is 5.38 Å². The minimum atomic E-state index is -0.179. The van der Waals surface area contributed by atoms with Gasteiger partial charge in [0.2, 0.25) is 0 Å². The molecular weight excluding hydrogens is 256 g/mol. The summed E-state index contributed by atoms with van der Waals surface area (Å²) >= 11 is 7.39. The number of halogens is 1. The number of alkyl halides is 1. The molecule has 0 aliphatic heterocycles. The van der Waals surface area contributed by atoms with Crippen LogP contribution in [-0.4, -0.2) is 34.2 Å². The van der Waals surface area contributed by atoms with Gasteiger partial charge in [0.15, 0.2) is 0 Å². The Labute approximate surface area is 111 Å². The van der Waals surface area contributed by atoms with Crippen LogP contribution in [0.3, 0.4) is 0 Å². The minimum Gasteiger partial charge on any atom is -0.391 e. The Kier molecular flexibility index (Phi) is 4.79. The Bertz CT molecular complexity index is 358. The molecule has 1 aliphatic carbocycles. The lowest BCUT2D eigenvalue weighted by molar-refractivity contribution is 0.0288. The standard InChI is InChI=1S/C12H19ClN2OS/c1-15(10-4-2-3-5-11(10)16)7-12-14-9(6-13)8-17-12/h8,10-11,16H,2-7H2,1H3. The van der Waals surface area contributed by atoms with E-state index in [1.165, 1.54) is 6.42 Å². The summed E-state index contributed by atoms with van der Waals surface area (Å²) in [7, 11) is 2.07. The average molecular weight is 275 g/mol. The number of nitrogens with zero attached hydrogens (tertiary/aromatic N) is 2. The van der Waals surface area contributed by atoms with Crippen molar-refractivity contribution in [3.63, 3.8) is 0 Å². The Morgan fingerprint density at radius 3 is 2.94 bits per heavy atom. The van der Waals surface area contributed by atoms with Crippen molar-refractivity contribution in [2.45, 2.75) is 50.3 Å². The first kappa shape index (κ1) is 13.3. The van der Waals surface area contributed by atoms with Gasteiger partial charge in [-0.15, -0.1) is 22.9 Å². The molecule has 3 nitrogen and oxygen atoms in total. The molecule has 5 heteroatoms. The van der Waals surface area contributed by atoms with E-state index in [4.69, 9.17) is 11.6 Å². The largest absolute Gasteiger partial charge is 0.391 e. The molecule has 0 saturated heterocycles. The fourth-order valence-corrected chi connectivity index (χ4v) is 3.50. The van der Waals surface area contributed by atoms with Crippen LogP contribution in [0.5, 0.6) is 0 Å². The van der Waals surface area contributed by atoms with Crippen LogP contribution in [0.4, 0.5) is 0 Å². The van der Waals surface area contributed by atoms with Gasteiger partial charge in [-0.1, -0.05) is 12.8 Å². The van der Waals surface area contributed by atoms with Crippen molar-refractivity contribution in [3.8, 4) is 0 Å². The van der Waals surface area contributed by atoms with Crippen molar-refractivity contribution in [1.82, 2.24) is 9.88 Å². The molecule has 1 saturated carbocycles. The molecule has 1 aromatic rings. The maximum atomic E-state index is 9.99. The predicted octanol–water partition coefficient (Wildman–Crippen LogP) is 2.62. The smallest absolute Gasteiger partial charge is 0.107 e. The lowest BCUT2D eigenvalue weighted by atomic mass is 9.92. The van der Waals surface area contributed by atoms with Gasteiger partial charge in [0, 0.05) is 11.4 Å². The summed E-state index contributed by atoms with van der Waals surface area (Å²) in [5.41, 5.74) is 0.948. The van der Waals surface area contributed by atoms with Crippen molar-refractivity contribution in [2.24, 2.45) is 0 Å². The van der Waals surface area contributed by atoms with Gasteiger partial charge < -0.3 is 5.11 Å². The Morgan fingerprint density at radius 1 is 1.53 bits per heavy atom. The highest BCUT2D eigenvalue weighted by Crippen LogP contribution is 2.24. The SMILES string of the molecule is CN(Cc1nc(CCl)cs1)C1CCCCC1O. The number of aliphatic hydroxyl groups is 1. The molecular formula is C12H19ClN2OS. The molecule has 1 heterocycles. The molecule has 0 bridgehead atoms. The number of aromatic nitrogens is 1. The van der Waals surface area contributed by atoms with Crippen LogP contribution in [-0.2, 0) is 12.4 Å². The lowest BCUT2D eigenvalue weighted by Crippen LogP contribution is -2.42. The molecule has 1 fully saturated rings. The highest BCUT2D eigenvalue weighted by atomic mass is 35.5. The quantitative estimate of drug-likeness (QED) is 0.858. The van der Waals surface area contributed by atoms with Crippen molar-refractivity contribution in [3.05, 3.63) is 16.1 Å². The van der Waals surface area contributed by atoms with Gasteiger partial charge >= 0.3 is 0 Å². The Hall–Kier alpha value is -0.160. The van der Waals surface area contributed by atoms with Gasteiger partial charge in [-0.3, -0.25) is 4.90 Å². The molecule has 0 spiro atoms. The van der Waals surface area contributed by atoms with Crippen molar-refractivity contribution >= 4 is 22.9 Å². The van der Waals surface area contributed by atoms with E-state index in [-0.39, 0.29) is 12.1 Å². The van der Waals surface area contributed by atoms with Gasteiger partial charge in [-0.2, -0.15) is 0 Å². The first-order chi connectivity index (χ1) is 8.20. The fourth-order valence-electron chi connectivity index (χ4n) is 2.42. The number of hydrogen-bond acceptors (Lipinski definition) is 4. The molecule has 1 N–H and O–H groups in total. The maximum absolute atomic E-state index is 9.99. The molecule has 1 aliphatic rings. The third kappa shape index (κ3) is 3.41. The van der Waals surface area contributed by atoms with E-state index in [2.05, 4.69) is 16.9 Å². The summed E-state index contributed by atoms with van der Waals surface area (Å²) in [5, 5.41) is 13.1. The zero-order valence-corrected chi connectivity index (χ0v) is 11.7. The van der Waals surface area contributed by atoms with E-state index < -0.39 is 0 Å². The first-order valence-electron chi connectivity index (χ1n) is 6.08. The van der Waals surface area contributed by atoms with Gasteiger partial charge in [0.25, 0.3) is 0 Å². The summed E-state index contributed by atoms with van der Waals surface area (Å²) in [6.45, 7) is 0.809. The molecule has 2 atom stereocenters. The zero-order valence-electron chi connectivity index (χ0n) is 10.1. The Balaban J connectivity index is 1.93. The van der Waals surface area contributed by atoms with Gasteiger partial charge in [-0.05, 0) is 19.9 Å². The fraction of sp³-hybridized carbons (Fsp3) is 0.750. The number of hydrogen-bond donors (Lipinski definition) is 1. The highest BCUT2D eigenvalue weighted by Gasteiger charge is 2.26. The number of rotatable bonds is 4. The van der Waals surface area contributed by atoms with Crippen LogP contribution in [0.1, 0.15) is 36.4 Å². The molecule has 17 heavy (non-hydrogen) atoms. The van der Waals surface area contributed by atoms with Crippen LogP contribution in [0.15, 0.2) is 5.38 Å². The molecule has 2 unspecified atom stereocenters. The molecule has 0 radical (unpaired) electrons. The van der Waals surface area contributed by atoms with Crippen molar-refractivity contribution < 1.29 is 5.11 Å². The molecule has 0 amide bonds. The van der Waals surface area contributed by atoms with E-state index in [1.54, 1.807) is 11.3 Å². The summed E-state index contributed by atoms with van der Waals surface area (Å²) in [6, 6.07) is 0.284. The zero-order chi connectivity index (χ0) is 12.3. The lowest BCUT2D eigenvalue weighted by Gasteiger charge is -2.34. The van der Waals surface area contributed by atoms with Crippen LogP contribution >= 0.6 is 22.9 Å². The molecule has 2 rings (SSSR count). The van der Waals surface area contributed by atoms with Crippen molar-refractivity contribution in [2.75, 3.05) is 7.05 Å². The van der Waals surface area contributed by atoms with E-state index in [0.717, 1.165) is 36.5 Å². The second-order valence-electron chi connectivity index (χ2n) is 4.70. The van der Waals surface area contributed by atoms with Gasteiger partial charge in [0.05, 0.1) is 24.2 Å². The van der Waals surface area contributed by atoms with E-state index in [0.29, 0.717) is 5.88 Å². The molecule has 1 aromatic heterocycles. The second-order valence-corrected chi connectivity index (χ2v) is 5.91. The minimum absolute atomic E-state index is 0.179. The van der Waals surface area contributed by atoms with Crippen LogP contribution < -0.4 is 0 Å². The van der Waals surface area contributed by atoms with Gasteiger partial charge in [0.1, 0.15) is 5.01 Å². The van der Waals surface area contributed by atoms with Crippen LogP contribution in [0, 0.1) is 0 Å². The number of likely N-dealkylation sites (N-methyl/N-ethyl adjacent to an activating group) is 1. The topological polar surface area (TPSA) is 36.4 Å². The number of thiazole rings is 1. The third-order valence-corrected chi connectivity index (χ3v) is 4.54. The summed E-state index contributed by atoms with van der Waals surface area (Å²) in [5.74, 6) is 0.478. The normalized spacial score (nSPS) is 25.4. The van der Waals surface area contributed by atoms with E-state index in [9.17, 15) is 5.11 Å². The van der Waals surface area contributed by atoms with E-state index >= 15 is 0 Å². The van der Waals surface area contributed by atoms with Crippen molar-refractivity contribution in [1.29, 1.82) is 0 Å². The van der Waals surface area contributed by atoms with Crippen LogP contribution in [0.2, 0.25) is 0 Å². The Morgan fingerprint density at radius 2 is 2.29 bits per heavy atom. The highest BCUT2D eigenvalue weighted by molar-refractivity contribution is 7.09. The molecule has 0 aromatic carbocycles. The predicted molar refractivity (Wildman–Crippen MR) is 71.4 cm³/mol. The average Bonchev–Trinajstić information content (AvgIpc) is 2.77. The third-order valence-electron chi connectivity index (χ3n) is 3.38. The monoisotopic (exact) mass is 274 g/mol.